The number of anilines is 2. The Morgan fingerprint density at radius 1 is 0.854 bits per heavy atom. The second-order valence-electron chi connectivity index (χ2n) is 12.4. The Kier molecular flexibility index (Phi) is 9.86. The molecule has 48 heavy (non-hydrogen) atoms. The minimum absolute atomic E-state index is 0.0218. The Hall–Kier alpha value is -5.22. The highest BCUT2D eigenvalue weighted by atomic mass is 35.5. The molecule has 5 rings (SSSR count). The summed E-state index contributed by atoms with van der Waals surface area (Å²) < 4.78 is 24.9. The van der Waals surface area contributed by atoms with Gasteiger partial charge < -0.3 is 24.6 Å². The predicted molar refractivity (Wildman–Crippen MR) is 182 cm³/mol. The summed E-state index contributed by atoms with van der Waals surface area (Å²) in [5, 5.41) is 3.19. The predicted octanol–water partition coefficient (Wildman–Crippen LogP) is 7.89. The summed E-state index contributed by atoms with van der Waals surface area (Å²) in [6.45, 7) is 7.63. The van der Waals surface area contributed by atoms with Gasteiger partial charge in [0.2, 0.25) is 0 Å². The molecule has 11 heteroatoms. The maximum absolute atomic E-state index is 14.3. The molecule has 4 aromatic rings. The second-order valence-corrected chi connectivity index (χ2v) is 12.8. The highest BCUT2D eigenvalue weighted by molar-refractivity contribution is 6.30. The van der Waals surface area contributed by atoms with Gasteiger partial charge in [0.05, 0.1) is 24.8 Å². The van der Waals surface area contributed by atoms with Crippen LogP contribution in [0.15, 0.2) is 78.9 Å². The number of ether oxygens (including phenoxy) is 2. The maximum Gasteiger partial charge on any atom is 0.410 e. The highest BCUT2D eigenvalue weighted by Crippen LogP contribution is 2.32. The minimum atomic E-state index is -0.793. The van der Waals surface area contributed by atoms with E-state index in [4.69, 9.17) is 21.1 Å². The number of nitrogens with zero attached hydrogens (tertiary/aromatic N) is 2. The van der Waals surface area contributed by atoms with Crippen LogP contribution in [0.25, 0.3) is 11.1 Å². The van der Waals surface area contributed by atoms with E-state index in [0.717, 1.165) is 5.56 Å². The van der Waals surface area contributed by atoms with Gasteiger partial charge in [-0.25, -0.2) is 14.0 Å². The second kappa shape index (κ2) is 13.9. The molecule has 1 aliphatic rings. The molecule has 4 aromatic carbocycles. The van der Waals surface area contributed by atoms with Crippen LogP contribution in [0.1, 0.15) is 63.0 Å². The van der Waals surface area contributed by atoms with Crippen LogP contribution in [0.5, 0.6) is 0 Å². The number of hydrogen-bond donors (Lipinski definition) is 1. The first-order valence-electron chi connectivity index (χ1n) is 15.2. The molecular formula is C37H35ClFN3O6. The largest absolute Gasteiger partial charge is 0.465 e. The van der Waals surface area contributed by atoms with Gasteiger partial charge in [0.1, 0.15) is 11.4 Å². The molecule has 9 nitrogen and oxygen atoms in total. The Labute approximate surface area is 283 Å². The Bertz CT molecular complexity index is 1900. The molecule has 0 fully saturated rings. The molecule has 0 radical (unpaired) electrons. The summed E-state index contributed by atoms with van der Waals surface area (Å²) in [7, 11) is 1.19. The first kappa shape index (κ1) is 34.1. The van der Waals surface area contributed by atoms with Gasteiger partial charge >= 0.3 is 12.1 Å². The van der Waals surface area contributed by atoms with Crippen LogP contribution in [-0.4, -0.2) is 54.6 Å². The molecule has 248 valence electrons. The topological polar surface area (TPSA) is 105 Å². The Morgan fingerprint density at radius 3 is 2.25 bits per heavy atom. The van der Waals surface area contributed by atoms with Crippen LogP contribution in [0.3, 0.4) is 0 Å². The van der Waals surface area contributed by atoms with E-state index in [9.17, 15) is 23.6 Å². The monoisotopic (exact) mass is 671 g/mol. The van der Waals surface area contributed by atoms with Gasteiger partial charge in [0.25, 0.3) is 11.8 Å². The number of carbonyl (C=O) groups excluding carboxylic acids is 4. The van der Waals surface area contributed by atoms with Crippen molar-refractivity contribution in [3.05, 3.63) is 118 Å². The van der Waals surface area contributed by atoms with Crippen molar-refractivity contribution >= 4 is 46.9 Å². The Morgan fingerprint density at radius 2 is 1.56 bits per heavy atom. The molecule has 0 unspecified atom stereocenters. The molecule has 1 aliphatic heterocycles. The van der Waals surface area contributed by atoms with Crippen molar-refractivity contribution in [1.29, 1.82) is 0 Å². The molecule has 0 atom stereocenters. The standard InChI is InChI=1S/C37H35ClFN3O6/c1-22-6-8-23(9-7-22)30-19-26(39)11-13-28(30)33(43)40-27-12-14-29(31(20-27)35(45)47-5)34(44)42-17-16-41(36(46)48-37(2,3)4)21-24-18-25(38)10-15-32(24)42/h6-15,18-20H,16-17,21H2,1-5H3,(H,40,43). The number of carbonyl (C=O) groups is 4. The van der Waals surface area contributed by atoms with Crippen molar-refractivity contribution in [3.8, 4) is 11.1 Å². The number of rotatable bonds is 5. The molecule has 0 bridgehead atoms. The van der Waals surface area contributed by atoms with E-state index in [-0.39, 0.29) is 42.0 Å². The number of benzene rings is 4. The van der Waals surface area contributed by atoms with Gasteiger partial charge in [-0.05, 0) is 99.0 Å². The van der Waals surface area contributed by atoms with Crippen molar-refractivity contribution in [2.45, 2.75) is 39.8 Å². The average molecular weight is 672 g/mol. The number of aryl methyl sites for hydroxylation is 1. The quantitative estimate of drug-likeness (QED) is 0.216. The van der Waals surface area contributed by atoms with Crippen LogP contribution < -0.4 is 10.2 Å². The number of hydrogen-bond acceptors (Lipinski definition) is 6. The van der Waals surface area contributed by atoms with Gasteiger partial charge in [-0.2, -0.15) is 0 Å². The van der Waals surface area contributed by atoms with E-state index in [1.54, 1.807) is 51.1 Å². The number of methoxy groups -OCH3 is 1. The zero-order chi connectivity index (χ0) is 34.7. The third-order valence-corrected chi connectivity index (χ3v) is 7.92. The zero-order valence-corrected chi connectivity index (χ0v) is 28.0. The summed E-state index contributed by atoms with van der Waals surface area (Å²) in [5.74, 6) is -2.35. The SMILES string of the molecule is COC(=O)c1cc(NC(=O)c2ccc(F)cc2-c2ccc(C)cc2)ccc1C(=O)N1CCN(C(=O)OC(C)(C)C)Cc2cc(Cl)ccc21. The van der Waals surface area contributed by atoms with Gasteiger partial charge in [0.15, 0.2) is 0 Å². The number of amides is 3. The van der Waals surface area contributed by atoms with Crippen LogP contribution in [0, 0.1) is 12.7 Å². The van der Waals surface area contributed by atoms with Crippen molar-refractivity contribution in [2.24, 2.45) is 0 Å². The molecular weight excluding hydrogens is 637 g/mol. The van der Waals surface area contributed by atoms with Crippen LogP contribution >= 0.6 is 11.6 Å². The third kappa shape index (κ3) is 7.66. The highest BCUT2D eigenvalue weighted by Gasteiger charge is 2.32. The minimum Gasteiger partial charge on any atom is -0.465 e. The van der Waals surface area contributed by atoms with Gasteiger partial charge in [-0.3, -0.25) is 9.59 Å². The summed E-state index contributed by atoms with van der Waals surface area (Å²) in [6.07, 6.45) is -0.537. The lowest BCUT2D eigenvalue weighted by Crippen LogP contribution is -2.40. The fourth-order valence-corrected chi connectivity index (χ4v) is 5.58. The van der Waals surface area contributed by atoms with Crippen LogP contribution in [0.2, 0.25) is 5.02 Å². The van der Waals surface area contributed by atoms with Crippen molar-refractivity contribution in [1.82, 2.24) is 4.90 Å². The van der Waals surface area contributed by atoms with Crippen LogP contribution in [0.4, 0.5) is 20.6 Å². The normalized spacial score (nSPS) is 12.9. The van der Waals surface area contributed by atoms with E-state index in [0.29, 0.717) is 27.4 Å². The van der Waals surface area contributed by atoms with Crippen molar-refractivity contribution in [3.63, 3.8) is 0 Å². The molecule has 0 spiro atoms. The molecule has 0 saturated carbocycles. The first-order valence-corrected chi connectivity index (χ1v) is 15.6. The van der Waals surface area contributed by atoms with E-state index in [1.807, 2.05) is 19.1 Å². The fraction of sp³-hybridized carbons (Fsp3) is 0.243. The van der Waals surface area contributed by atoms with Crippen molar-refractivity contribution in [2.75, 3.05) is 30.4 Å². The van der Waals surface area contributed by atoms with Crippen LogP contribution in [-0.2, 0) is 16.0 Å². The molecule has 1 heterocycles. The lowest BCUT2D eigenvalue weighted by molar-refractivity contribution is 0.0242. The summed E-state index contributed by atoms with van der Waals surface area (Å²) in [4.78, 5) is 56.7. The average Bonchev–Trinajstić information content (AvgIpc) is 3.23. The smallest absolute Gasteiger partial charge is 0.410 e. The number of halogens is 2. The lowest BCUT2D eigenvalue weighted by atomic mass is 9.98. The molecule has 3 amide bonds. The summed E-state index contributed by atoms with van der Waals surface area (Å²) in [5.41, 5.74) is 2.86. The fourth-order valence-electron chi connectivity index (χ4n) is 5.38. The maximum atomic E-state index is 14.3. The molecule has 0 aliphatic carbocycles. The molecule has 0 aromatic heterocycles. The summed E-state index contributed by atoms with van der Waals surface area (Å²) >= 11 is 6.30. The number of esters is 1. The number of nitrogens with one attached hydrogen (secondary N) is 1. The van der Waals surface area contributed by atoms with E-state index < -0.39 is 35.3 Å². The van der Waals surface area contributed by atoms with Gasteiger partial charge in [0, 0.05) is 35.1 Å². The van der Waals surface area contributed by atoms with E-state index >= 15 is 0 Å². The lowest BCUT2D eigenvalue weighted by Gasteiger charge is -2.26. The van der Waals surface area contributed by atoms with Gasteiger partial charge in [-0.1, -0.05) is 41.4 Å². The molecule has 1 N–H and O–H groups in total. The zero-order valence-electron chi connectivity index (χ0n) is 27.2. The van der Waals surface area contributed by atoms with E-state index in [1.165, 1.54) is 53.3 Å². The van der Waals surface area contributed by atoms with Crippen molar-refractivity contribution < 1.29 is 33.0 Å². The summed E-state index contributed by atoms with van der Waals surface area (Å²) in [6, 6.07) is 20.5. The van der Waals surface area contributed by atoms with E-state index in [2.05, 4.69) is 5.32 Å². The number of fused-ring (bicyclic) bond motifs is 1. The molecule has 0 saturated heterocycles. The first-order chi connectivity index (χ1) is 22.7. The van der Waals surface area contributed by atoms with Gasteiger partial charge in [-0.15, -0.1) is 0 Å². The third-order valence-electron chi connectivity index (χ3n) is 7.69. The Balaban J connectivity index is 1.46.